The maximum atomic E-state index is 12.4. The number of hydrogen-bond acceptors (Lipinski definition) is 4. The van der Waals surface area contributed by atoms with Crippen LogP contribution in [0.4, 0.5) is 0 Å². The van der Waals surface area contributed by atoms with Crippen molar-refractivity contribution in [2.24, 2.45) is 17.8 Å². The molecule has 1 saturated carbocycles. The van der Waals surface area contributed by atoms with Crippen LogP contribution in [0.25, 0.3) is 0 Å². The normalized spacial score (nSPS) is 29.0. The zero-order chi connectivity index (χ0) is 17.3. The SMILES string of the molecule is COc1ccc(CCN2C(=O)C[C@H]3[C@H](CO)C(C)C[C@H]32)cc1OC. The number of carbonyl (C=O) groups is 1. The van der Waals surface area contributed by atoms with E-state index in [1.54, 1.807) is 14.2 Å². The van der Waals surface area contributed by atoms with Gasteiger partial charge < -0.3 is 19.5 Å². The molecule has 1 aliphatic heterocycles. The summed E-state index contributed by atoms with van der Waals surface area (Å²) < 4.78 is 10.6. The number of ether oxygens (including phenoxy) is 2. The van der Waals surface area contributed by atoms with Crippen LogP contribution < -0.4 is 9.47 Å². The number of methoxy groups -OCH3 is 2. The number of rotatable bonds is 6. The largest absolute Gasteiger partial charge is 0.493 e. The molecule has 2 fully saturated rings. The second kappa shape index (κ2) is 7.01. The van der Waals surface area contributed by atoms with Crippen LogP contribution in [0.15, 0.2) is 18.2 Å². The van der Waals surface area contributed by atoms with E-state index in [0.717, 1.165) is 30.7 Å². The van der Waals surface area contributed by atoms with Crippen molar-refractivity contribution < 1.29 is 19.4 Å². The number of amides is 1. The first-order valence-electron chi connectivity index (χ1n) is 8.70. The fourth-order valence-electron chi connectivity index (χ4n) is 4.48. The molecule has 1 aromatic rings. The van der Waals surface area contributed by atoms with Gasteiger partial charge in [-0.05, 0) is 48.3 Å². The molecular weight excluding hydrogens is 306 g/mol. The van der Waals surface area contributed by atoms with E-state index in [2.05, 4.69) is 6.92 Å². The van der Waals surface area contributed by atoms with Crippen molar-refractivity contribution in [1.82, 2.24) is 4.90 Å². The van der Waals surface area contributed by atoms with E-state index in [9.17, 15) is 9.90 Å². The van der Waals surface area contributed by atoms with Gasteiger partial charge in [-0.25, -0.2) is 0 Å². The summed E-state index contributed by atoms with van der Waals surface area (Å²) >= 11 is 0. The van der Waals surface area contributed by atoms with Crippen molar-refractivity contribution in [3.8, 4) is 11.5 Å². The lowest BCUT2D eigenvalue weighted by atomic mass is 9.89. The van der Waals surface area contributed by atoms with Gasteiger partial charge in [-0.3, -0.25) is 4.79 Å². The highest BCUT2D eigenvalue weighted by Gasteiger charge is 2.50. The predicted molar refractivity (Wildman–Crippen MR) is 91.2 cm³/mol. The first-order chi connectivity index (χ1) is 11.6. The van der Waals surface area contributed by atoms with E-state index in [4.69, 9.17) is 9.47 Å². The van der Waals surface area contributed by atoms with Crippen molar-refractivity contribution in [3.05, 3.63) is 23.8 Å². The summed E-state index contributed by atoms with van der Waals surface area (Å²) in [4.78, 5) is 14.4. The second-order valence-corrected chi connectivity index (χ2v) is 7.02. The molecule has 1 heterocycles. The maximum Gasteiger partial charge on any atom is 0.223 e. The van der Waals surface area contributed by atoms with Gasteiger partial charge in [-0.2, -0.15) is 0 Å². The number of fused-ring (bicyclic) bond motifs is 1. The van der Waals surface area contributed by atoms with Gasteiger partial charge in [0, 0.05) is 25.6 Å². The summed E-state index contributed by atoms with van der Waals surface area (Å²) in [6.07, 6.45) is 2.40. The van der Waals surface area contributed by atoms with E-state index in [-0.39, 0.29) is 18.4 Å². The van der Waals surface area contributed by atoms with Crippen LogP contribution in [0, 0.1) is 17.8 Å². The van der Waals surface area contributed by atoms with Crippen molar-refractivity contribution in [1.29, 1.82) is 0 Å². The Morgan fingerprint density at radius 2 is 2.00 bits per heavy atom. The van der Waals surface area contributed by atoms with Crippen molar-refractivity contribution in [2.75, 3.05) is 27.4 Å². The number of nitrogens with zero attached hydrogens (tertiary/aromatic N) is 1. The zero-order valence-electron chi connectivity index (χ0n) is 14.7. The Hall–Kier alpha value is -1.75. The van der Waals surface area contributed by atoms with Crippen LogP contribution in [0.3, 0.4) is 0 Å². The third kappa shape index (κ3) is 2.97. The van der Waals surface area contributed by atoms with Gasteiger partial charge in [-0.15, -0.1) is 0 Å². The Balaban J connectivity index is 1.67. The molecule has 24 heavy (non-hydrogen) atoms. The fraction of sp³-hybridized carbons (Fsp3) is 0.632. The van der Waals surface area contributed by atoms with Gasteiger partial charge in [0.25, 0.3) is 0 Å². The molecular formula is C19H27NO4. The van der Waals surface area contributed by atoms with Gasteiger partial charge in [0.2, 0.25) is 5.91 Å². The highest BCUT2D eigenvalue weighted by atomic mass is 16.5. The molecule has 2 aliphatic rings. The lowest BCUT2D eigenvalue weighted by Crippen LogP contribution is -2.35. The molecule has 1 N–H and O–H groups in total. The summed E-state index contributed by atoms with van der Waals surface area (Å²) in [5.41, 5.74) is 1.13. The number of likely N-dealkylation sites (tertiary alicyclic amines) is 1. The lowest BCUT2D eigenvalue weighted by molar-refractivity contribution is -0.129. The van der Waals surface area contributed by atoms with Gasteiger partial charge >= 0.3 is 0 Å². The Kier molecular flexibility index (Phi) is 4.99. The van der Waals surface area contributed by atoms with Gasteiger partial charge in [0.05, 0.1) is 14.2 Å². The minimum absolute atomic E-state index is 0.194. The molecule has 0 radical (unpaired) electrons. The highest BCUT2D eigenvalue weighted by Crippen LogP contribution is 2.45. The summed E-state index contributed by atoms with van der Waals surface area (Å²) in [7, 11) is 3.25. The fourth-order valence-corrected chi connectivity index (χ4v) is 4.48. The molecule has 0 bridgehead atoms. The Morgan fingerprint density at radius 1 is 1.25 bits per heavy atom. The zero-order valence-corrected chi connectivity index (χ0v) is 14.7. The number of carbonyl (C=O) groups excluding carboxylic acids is 1. The molecule has 1 aliphatic carbocycles. The molecule has 132 valence electrons. The molecule has 4 atom stereocenters. The molecule has 5 heteroatoms. The molecule has 1 unspecified atom stereocenters. The van der Waals surface area contributed by atoms with Gasteiger partial charge in [-0.1, -0.05) is 13.0 Å². The standard InChI is InChI=1S/C19H27NO4/c1-12-8-16-14(15(12)11-21)10-19(22)20(16)7-6-13-4-5-17(23-2)18(9-13)24-3/h4-5,9,12,14-16,21H,6-8,10-11H2,1-3H3/t12?,14-,15+,16+/m0/s1. The molecule has 0 aromatic heterocycles. The van der Waals surface area contributed by atoms with Crippen LogP contribution in [-0.2, 0) is 11.2 Å². The van der Waals surface area contributed by atoms with Crippen LogP contribution in [0.5, 0.6) is 11.5 Å². The van der Waals surface area contributed by atoms with E-state index < -0.39 is 0 Å². The van der Waals surface area contributed by atoms with Crippen molar-refractivity contribution in [2.45, 2.75) is 32.2 Å². The number of aliphatic hydroxyl groups excluding tert-OH is 1. The highest BCUT2D eigenvalue weighted by molar-refractivity contribution is 5.79. The minimum Gasteiger partial charge on any atom is -0.493 e. The molecule has 3 rings (SSSR count). The third-order valence-electron chi connectivity index (χ3n) is 5.82. The molecule has 1 aromatic carbocycles. The topological polar surface area (TPSA) is 59.0 Å². The average Bonchev–Trinajstić information content (AvgIpc) is 3.05. The van der Waals surface area contributed by atoms with E-state index in [0.29, 0.717) is 30.0 Å². The van der Waals surface area contributed by atoms with Crippen LogP contribution in [0.1, 0.15) is 25.3 Å². The smallest absolute Gasteiger partial charge is 0.223 e. The van der Waals surface area contributed by atoms with Gasteiger partial charge in [0.15, 0.2) is 11.5 Å². The van der Waals surface area contributed by atoms with Crippen LogP contribution >= 0.6 is 0 Å². The van der Waals surface area contributed by atoms with Gasteiger partial charge in [0.1, 0.15) is 0 Å². The van der Waals surface area contributed by atoms with E-state index in [1.165, 1.54) is 0 Å². The summed E-state index contributed by atoms with van der Waals surface area (Å²) in [5.74, 6) is 2.75. The second-order valence-electron chi connectivity index (χ2n) is 7.02. The molecule has 0 spiro atoms. The monoisotopic (exact) mass is 333 g/mol. The summed E-state index contributed by atoms with van der Waals surface area (Å²) in [5, 5.41) is 9.62. The average molecular weight is 333 g/mol. The minimum atomic E-state index is 0.194. The third-order valence-corrected chi connectivity index (χ3v) is 5.82. The number of hydrogen-bond donors (Lipinski definition) is 1. The maximum absolute atomic E-state index is 12.4. The van der Waals surface area contributed by atoms with Crippen LogP contribution in [-0.4, -0.2) is 49.3 Å². The summed E-state index contributed by atoms with van der Waals surface area (Å²) in [6.45, 7) is 3.11. The molecule has 1 saturated heterocycles. The first-order valence-corrected chi connectivity index (χ1v) is 8.70. The van der Waals surface area contributed by atoms with Crippen molar-refractivity contribution in [3.63, 3.8) is 0 Å². The molecule has 1 amide bonds. The lowest BCUT2D eigenvalue weighted by Gasteiger charge is -2.24. The van der Waals surface area contributed by atoms with E-state index in [1.807, 2.05) is 23.1 Å². The summed E-state index contributed by atoms with van der Waals surface area (Å²) in [6, 6.07) is 6.20. The van der Waals surface area contributed by atoms with Crippen molar-refractivity contribution >= 4 is 5.91 Å². The molecule has 5 nitrogen and oxygen atoms in total. The van der Waals surface area contributed by atoms with E-state index >= 15 is 0 Å². The Bertz CT molecular complexity index is 603. The number of benzene rings is 1. The Labute approximate surface area is 143 Å². The number of aliphatic hydroxyl groups is 1. The Morgan fingerprint density at radius 3 is 2.67 bits per heavy atom. The predicted octanol–water partition coefficient (Wildman–Crippen LogP) is 2.11. The van der Waals surface area contributed by atoms with Crippen LogP contribution in [0.2, 0.25) is 0 Å². The first kappa shape index (κ1) is 17.1. The quantitative estimate of drug-likeness (QED) is 0.866.